The molecule has 4 aromatic carbocycles. The van der Waals surface area contributed by atoms with Gasteiger partial charge in [0.2, 0.25) is 0 Å². The molecule has 0 atom stereocenters. The smallest absolute Gasteiger partial charge is 0.337 e. The van der Waals surface area contributed by atoms with Gasteiger partial charge < -0.3 is 4.74 Å². The second-order valence-electron chi connectivity index (χ2n) is 8.87. The van der Waals surface area contributed by atoms with E-state index in [0.717, 1.165) is 33.6 Å². The Bertz CT molecular complexity index is 1640. The molecule has 0 aliphatic carbocycles. The first-order valence-corrected chi connectivity index (χ1v) is 12.4. The molecule has 0 aliphatic rings. The van der Waals surface area contributed by atoms with E-state index in [4.69, 9.17) is 4.74 Å². The Morgan fingerprint density at radius 2 is 1.46 bits per heavy atom. The van der Waals surface area contributed by atoms with Gasteiger partial charge in [-0.15, -0.1) is 0 Å². The Morgan fingerprint density at radius 1 is 0.821 bits per heavy atom. The number of aromatic nitrogens is 2. The lowest BCUT2D eigenvalue weighted by molar-refractivity contribution is 0.0600. The van der Waals surface area contributed by atoms with Gasteiger partial charge in [-0.3, -0.25) is 4.79 Å². The maximum Gasteiger partial charge on any atom is 0.337 e. The first-order valence-electron chi connectivity index (χ1n) is 12.4. The van der Waals surface area contributed by atoms with Gasteiger partial charge in [-0.25, -0.2) is 14.9 Å². The average Bonchev–Trinajstić information content (AvgIpc) is 3.43. The SMILES string of the molecule is COC(=O)c1ccc(/C=N\NC(=O)c2cc(-c3ccc(-c4ccccc4)cc3)n(-c3ccccc3C)n2)cc1. The molecule has 0 radical (unpaired) electrons. The van der Waals surface area contributed by atoms with Crippen LogP contribution < -0.4 is 5.43 Å². The average molecular weight is 515 g/mol. The first-order chi connectivity index (χ1) is 19.0. The fourth-order valence-corrected chi connectivity index (χ4v) is 4.19. The van der Waals surface area contributed by atoms with Crippen LogP contribution >= 0.6 is 0 Å². The molecule has 39 heavy (non-hydrogen) atoms. The summed E-state index contributed by atoms with van der Waals surface area (Å²) in [7, 11) is 1.33. The van der Waals surface area contributed by atoms with Crippen molar-refractivity contribution in [3.8, 4) is 28.1 Å². The number of carbonyl (C=O) groups excluding carboxylic acids is 2. The summed E-state index contributed by atoms with van der Waals surface area (Å²) in [6, 6.07) is 34.7. The highest BCUT2D eigenvalue weighted by Gasteiger charge is 2.18. The van der Waals surface area contributed by atoms with Gasteiger partial charge in [0.15, 0.2) is 5.69 Å². The van der Waals surface area contributed by atoms with E-state index in [0.29, 0.717) is 11.1 Å². The number of para-hydroxylation sites is 1. The number of methoxy groups -OCH3 is 1. The fourth-order valence-electron chi connectivity index (χ4n) is 4.19. The monoisotopic (exact) mass is 514 g/mol. The molecule has 0 saturated carbocycles. The lowest BCUT2D eigenvalue weighted by Crippen LogP contribution is -2.18. The summed E-state index contributed by atoms with van der Waals surface area (Å²) >= 11 is 0. The molecule has 7 heteroatoms. The number of carbonyl (C=O) groups is 2. The number of hydrazone groups is 1. The van der Waals surface area contributed by atoms with Gasteiger partial charge in [0, 0.05) is 5.56 Å². The Kier molecular flexibility index (Phi) is 7.41. The predicted molar refractivity (Wildman–Crippen MR) is 152 cm³/mol. The fraction of sp³-hybridized carbons (Fsp3) is 0.0625. The molecule has 0 saturated heterocycles. The van der Waals surface area contributed by atoms with Crippen molar-refractivity contribution in [2.24, 2.45) is 5.10 Å². The van der Waals surface area contributed by atoms with Crippen LogP contribution in [0.2, 0.25) is 0 Å². The second-order valence-corrected chi connectivity index (χ2v) is 8.87. The number of ether oxygens (including phenoxy) is 1. The van der Waals surface area contributed by atoms with E-state index in [2.05, 4.69) is 39.9 Å². The first kappa shape index (κ1) is 25.4. The summed E-state index contributed by atoms with van der Waals surface area (Å²) in [4.78, 5) is 24.6. The molecule has 5 aromatic rings. The minimum atomic E-state index is -0.438. The highest BCUT2D eigenvalue weighted by Crippen LogP contribution is 2.28. The third kappa shape index (κ3) is 5.67. The lowest BCUT2D eigenvalue weighted by atomic mass is 10.0. The summed E-state index contributed by atoms with van der Waals surface area (Å²) in [5.41, 5.74) is 9.80. The van der Waals surface area contributed by atoms with Crippen LogP contribution in [0.25, 0.3) is 28.1 Å². The van der Waals surface area contributed by atoms with E-state index in [1.807, 2.05) is 61.5 Å². The van der Waals surface area contributed by atoms with E-state index >= 15 is 0 Å². The van der Waals surface area contributed by atoms with Gasteiger partial charge in [-0.05, 0) is 53.4 Å². The molecule has 0 spiro atoms. The van der Waals surface area contributed by atoms with Crippen LogP contribution in [-0.2, 0) is 4.74 Å². The quantitative estimate of drug-likeness (QED) is 0.162. The molecular weight excluding hydrogens is 488 g/mol. The molecule has 1 N–H and O–H groups in total. The molecule has 1 heterocycles. The molecule has 5 rings (SSSR count). The molecule has 1 aromatic heterocycles. The zero-order chi connectivity index (χ0) is 27.2. The van der Waals surface area contributed by atoms with E-state index in [-0.39, 0.29) is 5.69 Å². The number of nitrogens with one attached hydrogen (secondary N) is 1. The number of amides is 1. The molecule has 0 bridgehead atoms. The maximum absolute atomic E-state index is 13.0. The van der Waals surface area contributed by atoms with Crippen molar-refractivity contribution in [2.45, 2.75) is 6.92 Å². The Labute approximate surface area is 226 Å². The highest BCUT2D eigenvalue weighted by molar-refractivity contribution is 5.95. The van der Waals surface area contributed by atoms with Crippen molar-refractivity contribution in [3.63, 3.8) is 0 Å². The van der Waals surface area contributed by atoms with Gasteiger partial charge in [0.1, 0.15) is 0 Å². The molecule has 192 valence electrons. The Hall–Kier alpha value is -5.30. The van der Waals surface area contributed by atoms with Gasteiger partial charge in [-0.1, -0.05) is 84.9 Å². The molecule has 1 amide bonds. The van der Waals surface area contributed by atoms with Gasteiger partial charge in [0.25, 0.3) is 5.91 Å². The van der Waals surface area contributed by atoms with Crippen LogP contribution in [0.4, 0.5) is 0 Å². The van der Waals surface area contributed by atoms with E-state index < -0.39 is 11.9 Å². The zero-order valence-electron chi connectivity index (χ0n) is 21.5. The van der Waals surface area contributed by atoms with E-state index in [9.17, 15) is 9.59 Å². The van der Waals surface area contributed by atoms with Crippen LogP contribution in [0.15, 0.2) is 114 Å². The van der Waals surface area contributed by atoms with Crippen molar-refractivity contribution >= 4 is 18.1 Å². The molecule has 0 unspecified atom stereocenters. The summed E-state index contributed by atoms with van der Waals surface area (Å²) in [6.45, 7) is 2.01. The molecule has 0 fully saturated rings. The number of rotatable bonds is 7. The Morgan fingerprint density at radius 3 is 2.15 bits per heavy atom. The second kappa shape index (κ2) is 11.4. The summed E-state index contributed by atoms with van der Waals surface area (Å²) in [5, 5.41) is 8.71. The van der Waals surface area contributed by atoms with Crippen LogP contribution in [0.1, 0.15) is 32.0 Å². The predicted octanol–water partition coefficient (Wildman–Crippen LogP) is 6.07. The van der Waals surface area contributed by atoms with Crippen LogP contribution in [0, 0.1) is 6.92 Å². The van der Waals surface area contributed by atoms with Crippen molar-refractivity contribution in [1.82, 2.24) is 15.2 Å². The number of hydrogen-bond acceptors (Lipinski definition) is 5. The number of hydrogen-bond donors (Lipinski definition) is 1. The molecular formula is C32H26N4O3. The minimum absolute atomic E-state index is 0.235. The lowest BCUT2D eigenvalue weighted by Gasteiger charge is -2.11. The van der Waals surface area contributed by atoms with Crippen molar-refractivity contribution < 1.29 is 14.3 Å². The van der Waals surface area contributed by atoms with Crippen molar-refractivity contribution in [3.05, 3.63) is 132 Å². The zero-order valence-corrected chi connectivity index (χ0v) is 21.5. The van der Waals surface area contributed by atoms with Gasteiger partial charge >= 0.3 is 5.97 Å². The topological polar surface area (TPSA) is 85.6 Å². The van der Waals surface area contributed by atoms with E-state index in [1.165, 1.54) is 13.3 Å². The van der Waals surface area contributed by atoms with Crippen LogP contribution in [0.3, 0.4) is 0 Å². The summed E-state index contributed by atoms with van der Waals surface area (Å²) in [5.74, 6) is -0.853. The van der Waals surface area contributed by atoms with Crippen molar-refractivity contribution in [1.29, 1.82) is 0 Å². The molecule has 7 nitrogen and oxygen atoms in total. The number of aryl methyl sites for hydroxylation is 1. The number of nitrogens with zero attached hydrogens (tertiary/aromatic N) is 3. The maximum atomic E-state index is 13.0. The summed E-state index contributed by atoms with van der Waals surface area (Å²) < 4.78 is 6.50. The van der Waals surface area contributed by atoms with Gasteiger partial charge in [0.05, 0.1) is 30.3 Å². The third-order valence-corrected chi connectivity index (χ3v) is 6.28. The minimum Gasteiger partial charge on any atom is -0.465 e. The standard InChI is InChI=1S/C32H26N4O3/c1-22-8-6-7-11-29(22)36-30(26-18-16-25(17-19-26)24-9-4-3-5-10-24)20-28(35-36)31(37)34-33-21-23-12-14-27(15-13-23)32(38)39-2/h3-21H,1-2H3,(H,34,37)/b33-21-. The summed E-state index contributed by atoms with van der Waals surface area (Å²) in [6.07, 6.45) is 1.50. The number of benzene rings is 4. The third-order valence-electron chi connectivity index (χ3n) is 6.28. The number of esters is 1. The molecule has 0 aliphatic heterocycles. The van der Waals surface area contributed by atoms with Crippen LogP contribution in [-0.4, -0.2) is 35.0 Å². The van der Waals surface area contributed by atoms with Gasteiger partial charge in [-0.2, -0.15) is 10.2 Å². The highest BCUT2D eigenvalue weighted by atomic mass is 16.5. The Balaban J connectivity index is 1.41. The normalized spacial score (nSPS) is 10.9. The van der Waals surface area contributed by atoms with E-state index in [1.54, 1.807) is 35.0 Å². The largest absolute Gasteiger partial charge is 0.465 e. The van der Waals surface area contributed by atoms with Crippen molar-refractivity contribution in [2.75, 3.05) is 7.11 Å². The van der Waals surface area contributed by atoms with Crippen LogP contribution in [0.5, 0.6) is 0 Å².